The van der Waals surface area contributed by atoms with Gasteiger partial charge in [0.1, 0.15) is 0 Å². The molecule has 0 amide bonds. The average molecular weight is 807 g/mol. The Kier molecular flexibility index (Phi) is 35.4. The molecule has 57 heavy (non-hydrogen) atoms. The van der Waals surface area contributed by atoms with Gasteiger partial charge < -0.3 is 19.3 Å². The molecule has 8 nitrogen and oxygen atoms in total. The van der Waals surface area contributed by atoms with E-state index in [1.165, 1.54) is 154 Å². The van der Waals surface area contributed by atoms with Gasteiger partial charge in [-0.1, -0.05) is 213 Å². The Labute approximate surface area is 350 Å². The van der Waals surface area contributed by atoms with E-state index in [1.807, 2.05) is 0 Å². The van der Waals surface area contributed by atoms with Crippen LogP contribution in [0.4, 0.5) is 0 Å². The maximum absolute atomic E-state index is 13.6. The van der Waals surface area contributed by atoms with E-state index in [0.29, 0.717) is 0 Å². The van der Waals surface area contributed by atoms with Crippen LogP contribution < -0.4 is 0 Å². The molecule has 334 valence electrons. The molecular formula is C49H90O8. The first-order chi connectivity index (χ1) is 27.9. The van der Waals surface area contributed by atoms with Gasteiger partial charge in [0.2, 0.25) is 0 Å². The summed E-state index contributed by atoms with van der Waals surface area (Å²) in [7, 11) is 0. The van der Waals surface area contributed by atoms with E-state index in [4.69, 9.17) is 14.2 Å². The molecule has 0 aromatic heterocycles. The van der Waals surface area contributed by atoms with Crippen molar-refractivity contribution in [1.29, 1.82) is 0 Å². The second-order valence-corrected chi connectivity index (χ2v) is 17.3. The van der Waals surface area contributed by atoms with Crippen molar-refractivity contribution in [3.05, 3.63) is 0 Å². The van der Waals surface area contributed by atoms with E-state index in [0.717, 1.165) is 57.8 Å². The van der Waals surface area contributed by atoms with Crippen LogP contribution in [0.3, 0.4) is 0 Å². The molecule has 1 fully saturated rings. The molecule has 0 aromatic rings. The normalized spacial score (nSPS) is 18.0. The Balaban J connectivity index is 2.62. The number of aliphatic carboxylic acids is 1. The molecule has 8 heteroatoms. The van der Waals surface area contributed by atoms with Gasteiger partial charge in [0.15, 0.2) is 0 Å². The molecule has 0 bridgehead atoms. The van der Waals surface area contributed by atoms with Gasteiger partial charge >= 0.3 is 23.9 Å². The number of carbonyl (C=O) groups excluding carboxylic acids is 3. The van der Waals surface area contributed by atoms with Gasteiger partial charge in [-0.2, -0.15) is 0 Å². The standard InChI is InChI=1S/C49H90O8/c1-4-7-10-13-16-19-22-25-28-31-34-37-55-47(52)43-41-45(49(54)57-39-36-33-30-27-24-21-18-15-12-9-6-3)44(40-42(43)46(50)51)48(53)56-38-35-32-29-26-23-20-17-14-11-8-5-2/h42-45H,4-41H2,1-3H3,(H,50,51). The molecular weight excluding hydrogens is 717 g/mol. The summed E-state index contributed by atoms with van der Waals surface area (Å²) in [6, 6.07) is 0. The number of esters is 3. The first-order valence-corrected chi connectivity index (χ1v) is 24.6. The molecule has 0 aliphatic heterocycles. The van der Waals surface area contributed by atoms with Crippen molar-refractivity contribution in [2.24, 2.45) is 23.7 Å². The maximum atomic E-state index is 13.6. The van der Waals surface area contributed by atoms with E-state index in [-0.39, 0.29) is 32.7 Å². The summed E-state index contributed by atoms with van der Waals surface area (Å²) in [5.41, 5.74) is 0. The smallest absolute Gasteiger partial charge is 0.309 e. The highest BCUT2D eigenvalue weighted by molar-refractivity contribution is 5.87. The van der Waals surface area contributed by atoms with E-state index < -0.39 is 47.5 Å². The van der Waals surface area contributed by atoms with Crippen LogP contribution in [0.2, 0.25) is 0 Å². The first kappa shape index (κ1) is 52.9. The van der Waals surface area contributed by atoms with E-state index in [2.05, 4.69) is 20.8 Å². The van der Waals surface area contributed by atoms with E-state index in [1.54, 1.807) is 0 Å². The Morgan fingerprint density at radius 1 is 0.333 bits per heavy atom. The fourth-order valence-corrected chi connectivity index (χ4v) is 8.40. The number of carbonyl (C=O) groups is 4. The predicted octanol–water partition coefficient (Wildman–Crippen LogP) is 13.9. The minimum atomic E-state index is -1.15. The van der Waals surface area contributed by atoms with Crippen LogP contribution in [0.15, 0.2) is 0 Å². The van der Waals surface area contributed by atoms with Gasteiger partial charge in [0.05, 0.1) is 43.5 Å². The SMILES string of the molecule is CCCCCCCCCCCCCOC(=O)C1CC(C(=O)OCCCCCCCCCCCCC)C(C(=O)OCCCCCCCCCCCCC)CC1C(=O)O. The molecule has 0 spiro atoms. The van der Waals surface area contributed by atoms with Gasteiger partial charge in [-0.3, -0.25) is 19.2 Å². The van der Waals surface area contributed by atoms with Crippen molar-refractivity contribution >= 4 is 23.9 Å². The van der Waals surface area contributed by atoms with Crippen LogP contribution in [0.1, 0.15) is 245 Å². The topological polar surface area (TPSA) is 116 Å². The third-order valence-corrected chi connectivity index (χ3v) is 12.2. The van der Waals surface area contributed by atoms with E-state index >= 15 is 0 Å². The Morgan fingerprint density at radius 2 is 0.526 bits per heavy atom. The van der Waals surface area contributed by atoms with Crippen molar-refractivity contribution in [2.75, 3.05) is 19.8 Å². The zero-order valence-corrected chi connectivity index (χ0v) is 37.5. The highest BCUT2D eigenvalue weighted by atomic mass is 16.5. The lowest BCUT2D eigenvalue weighted by molar-refractivity contribution is -0.174. The summed E-state index contributed by atoms with van der Waals surface area (Å²) in [5.74, 6) is -6.86. The number of rotatable bonds is 40. The van der Waals surface area contributed by atoms with Crippen LogP contribution >= 0.6 is 0 Å². The second kappa shape index (κ2) is 38.1. The lowest BCUT2D eigenvalue weighted by atomic mass is 9.68. The minimum Gasteiger partial charge on any atom is -0.481 e. The molecule has 1 aliphatic rings. The number of ether oxygens (including phenoxy) is 3. The Hall–Kier alpha value is -2.12. The maximum Gasteiger partial charge on any atom is 0.309 e. The number of hydrogen-bond donors (Lipinski definition) is 1. The zero-order valence-electron chi connectivity index (χ0n) is 37.5. The molecule has 0 aromatic carbocycles. The molecule has 0 saturated heterocycles. The van der Waals surface area contributed by atoms with Crippen LogP contribution in [0.5, 0.6) is 0 Å². The van der Waals surface area contributed by atoms with Crippen molar-refractivity contribution in [2.45, 2.75) is 245 Å². The molecule has 0 radical (unpaired) electrons. The zero-order chi connectivity index (χ0) is 41.6. The molecule has 1 rings (SSSR count). The lowest BCUT2D eigenvalue weighted by Gasteiger charge is -2.36. The van der Waals surface area contributed by atoms with Gasteiger partial charge in [-0.05, 0) is 32.1 Å². The Morgan fingerprint density at radius 3 is 0.754 bits per heavy atom. The molecule has 0 heterocycles. The molecule has 4 unspecified atom stereocenters. The van der Waals surface area contributed by atoms with Crippen LogP contribution in [0, 0.1) is 23.7 Å². The second-order valence-electron chi connectivity index (χ2n) is 17.3. The quantitative estimate of drug-likeness (QED) is 0.0370. The first-order valence-electron chi connectivity index (χ1n) is 24.6. The highest BCUT2D eigenvalue weighted by Crippen LogP contribution is 2.41. The van der Waals surface area contributed by atoms with Gasteiger partial charge in [-0.15, -0.1) is 0 Å². The number of carboxylic acids is 1. The largest absolute Gasteiger partial charge is 0.481 e. The summed E-state index contributed by atoms with van der Waals surface area (Å²) >= 11 is 0. The third-order valence-electron chi connectivity index (χ3n) is 12.2. The summed E-state index contributed by atoms with van der Waals surface area (Å²) in [6.07, 6.45) is 38.8. The summed E-state index contributed by atoms with van der Waals surface area (Å²) < 4.78 is 17.0. The van der Waals surface area contributed by atoms with Crippen molar-refractivity contribution in [3.8, 4) is 0 Å². The van der Waals surface area contributed by atoms with Crippen molar-refractivity contribution in [1.82, 2.24) is 0 Å². The molecule has 4 atom stereocenters. The number of hydrogen-bond acceptors (Lipinski definition) is 7. The summed E-state index contributed by atoms with van der Waals surface area (Å²) in [5, 5.41) is 10.2. The fraction of sp³-hybridized carbons (Fsp3) is 0.918. The molecule has 1 aliphatic carbocycles. The van der Waals surface area contributed by atoms with Crippen LogP contribution in [0.25, 0.3) is 0 Å². The lowest BCUT2D eigenvalue weighted by Crippen LogP contribution is -2.46. The van der Waals surface area contributed by atoms with Gasteiger partial charge in [-0.25, -0.2) is 0 Å². The number of carboxylic acid groups (broad SMARTS) is 1. The summed E-state index contributed by atoms with van der Waals surface area (Å²) in [4.78, 5) is 52.9. The average Bonchev–Trinajstić information content (AvgIpc) is 3.21. The third kappa shape index (κ3) is 28.1. The monoisotopic (exact) mass is 807 g/mol. The number of unbranched alkanes of at least 4 members (excludes halogenated alkanes) is 30. The van der Waals surface area contributed by atoms with Crippen molar-refractivity contribution < 1.29 is 38.5 Å². The van der Waals surface area contributed by atoms with Crippen LogP contribution in [-0.4, -0.2) is 48.8 Å². The summed E-state index contributed by atoms with van der Waals surface area (Å²) in [6.45, 7) is 7.44. The predicted molar refractivity (Wildman–Crippen MR) is 233 cm³/mol. The van der Waals surface area contributed by atoms with Gasteiger partial charge in [0, 0.05) is 0 Å². The van der Waals surface area contributed by atoms with Crippen LogP contribution in [-0.2, 0) is 33.4 Å². The Bertz CT molecular complexity index is 982. The van der Waals surface area contributed by atoms with Gasteiger partial charge in [0.25, 0.3) is 0 Å². The molecule has 1 saturated carbocycles. The van der Waals surface area contributed by atoms with E-state index in [9.17, 15) is 24.3 Å². The fourth-order valence-electron chi connectivity index (χ4n) is 8.40. The van der Waals surface area contributed by atoms with Crippen molar-refractivity contribution in [3.63, 3.8) is 0 Å². The highest BCUT2D eigenvalue weighted by Gasteiger charge is 2.50. The minimum absolute atomic E-state index is 0.0800. The molecule has 1 N–H and O–H groups in total.